The Labute approximate surface area is 118 Å². The normalized spacial score (nSPS) is 12.1. The van der Waals surface area contributed by atoms with Crippen molar-refractivity contribution in [2.45, 2.75) is 13.0 Å². The number of hydrogen-bond donors (Lipinski definition) is 2. The van der Waals surface area contributed by atoms with Crippen LogP contribution in [0.2, 0.25) is 5.02 Å². The maximum absolute atomic E-state index is 11.8. The minimum atomic E-state index is -1.39. The number of aromatic amines is 1. The van der Waals surface area contributed by atoms with Gasteiger partial charge in [-0.05, 0) is 24.6 Å². The van der Waals surface area contributed by atoms with E-state index in [1.54, 1.807) is 31.2 Å². The quantitative estimate of drug-likeness (QED) is 0.897. The number of benzene rings is 1. The Balaban J connectivity index is 2.54. The molecule has 0 aliphatic rings. The Kier molecular flexibility index (Phi) is 3.76. The topological polar surface area (TPSA) is 92.2 Å². The van der Waals surface area contributed by atoms with Gasteiger partial charge in [0.15, 0.2) is 0 Å². The average molecular weight is 295 g/mol. The lowest BCUT2D eigenvalue weighted by Crippen LogP contribution is -2.35. The van der Waals surface area contributed by atoms with E-state index in [1.807, 2.05) is 4.98 Å². The Morgan fingerprint density at radius 1 is 1.30 bits per heavy atom. The molecule has 0 bridgehead atoms. The van der Waals surface area contributed by atoms with Crippen LogP contribution in [0.5, 0.6) is 0 Å². The van der Waals surface area contributed by atoms with Crippen LogP contribution in [0.25, 0.3) is 0 Å². The van der Waals surface area contributed by atoms with E-state index in [2.05, 4.69) is 0 Å². The molecular formula is C13H11ClN2O4. The highest BCUT2D eigenvalue weighted by Crippen LogP contribution is 2.18. The van der Waals surface area contributed by atoms with Gasteiger partial charge in [-0.15, -0.1) is 0 Å². The van der Waals surface area contributed by atoms with Crippen LogP contribution in [-0.2, 0) is 0 Å². The third-order valence-corrected chi connectivity index (χ3v) is 3.22. The van der Waals surface area contributed by atoms with E-state index in [0.717, 1.165) is 16.3 Å². The minimum absolute atomic E-state index is 0.435. The average Bonchev–Trinajstić information content (AvgIpc) is 2.38. The van der Waals surface area contributed by atoms with E-state index in [-0.39, 0.29) is 0 Å². The molecule has 1 unspecified atom stereocenters. The number of nitrogens with one attached hydrogen (secondary N) is 1. The molecule has 2 N–H and O–H groups in total. The van der Waals surface area contributed by atoms with Crippen molar-refractivity contribution in [1.82, 2.24) is 9.55 Å². The molecule has 1 atom stereocenters. The molecule has 2 aromatic rings. The lowest BCUT2D eigenvalue weighted by Gasteiger charge is -2.15. The highest BCUT2D eigenvalue weighted by atomic mass is 35.5. The molecule has 0 amide bonds. The summed E-state index contributed by atoms with van der Waals surface area (Å²) in [5.74, 6) is -1.39. The molecule has 1 aromatic heterocycles. The summed E-state index contributed by atoms with van der Waals surface area (Å²) in [6.45, 7) is 1.72. The summed E-state index contributed by atoms with van der Waals surface area (Å²) in [5, 5.41) is 9.47. The van der Waals surface area contributed by atoms with Crippen molar-refractivity contribution >= 4 is 17.6 Å². The number of rotatable bonds is 3. The molecular weight excluding hydrogens is 284 g/mol. The smallest absolute Gasteiger partial charge is 0.342 e. The fourth-order valence-corrected chi connectivity index (χ4v) is 1.95. The predicted octanol–water partition coefficient (Wildman–Crippen LogP) is 1.50. The van der Waals surface area contributed by atoms with Gasteiger partial charge in [-0.25, -0.2) is 9.59 Å². The van der Waals surface area contributed by atoms with Crippen LogP contribution in [0, 0.1) is 0 Å². The highest BCUT2D eigenvalue weighted by Gasteiger charge is 2.15. The summed E-state index contributed by atoms with van der Waals surface area (Å²) in [6, 6.07) is 6.36. The van der Waals surface area contributed by atoms with Crippen LogP contribution in [0.15, 0.2) is 40.1 Å². The molecule has 2 rings (SSSR count). The number of H-pyrrole nitrogens is 1. The van der Waals surface area contributed by atoms with Crippen LogP contribution in [-0.4, -0.2) is 20.6 Å². The molecule has 0 fully saturated rings. The molecule has 1 aromatic carbocycles. The second kappa shape index (κ2) is 5.34. The van der Waals surface area contributed by atoms with Crippen molar-refractivity contribution in [2.24, 2.45) is 0 Å². The van der Waals surface area contributed by atoms with Gasteiger partial charge >= 0.3 is 11.7 Å². The molecule has 0 saturated heterocycles. The SMILES string of the molecule is CC(c1ccc(Cl)cc1)n1cc(C(=O)O)c(=O)[nH]c1=O. The first-order valence-corrected chi connectivity index (χ1v) is 6.12. The Bertz CT molecular complexity index is 761. The summed E-state index contributed by atoms with van der Waals surface area (Å²) < 4.78 is 1.16. The van der Waals surface area contributed by atoms with E-state index < -0.39 is 28.8 Å². The summed E-state index contributed by atoms with van der Waals surface area (Å²) in [7, 11) is 0. The van der Waals surface area contributed by atoms with Crippen molar-refractivity contribution in [3.05, 3.63) is 67.4 Å². The Morgan fingerprint density at radius 2 is 1.90 bits per heavy atom. The standard InChI is InChI=1S/C13H11ClN2O4/c1-7(8-2-4-9(14)5-3-8)16-6-10(12(18)19)11(17)15-13(16)20/h2-7H,1H3,(H,18,19)(H,15,17,20). The van der Waals surface area contributed by atoms with Crippen LogP contribution < -0.4 is 11.2 Å². The summed E-state index contributed by atoms with van der Waals surface area (Å²) >= 11 is 5.79. The first-order valence-electron chi connectivity index (χ1n) is 5.74. The number of nitrogens with zero attached hydrogens (tertiary/aromatic N) is 1. The van der Waals surface area contributed by atoms with Gasteiger partial charge in [0, 0.05) is 11.2 Å². The Morgan fingerprint density at radius 3 is 2.45 bits per heavy atom. The maximum Gasteiger partial charge on any atom is 0.342 e. The van der Waals surface area contributed by atoms with Gasteiger partial charge in [0.25, 0.3) is 5.56 Å². The van der Waals surface area contributed by atoms with E-state index in [4.69, 9.17) is 16.7 Å². The van der Waals surface area contributed by atoms with E-state index >= 15 is 0 Å². The molecule has 0 aliphatic heterocycles. The number of hydrogen-bond acceptors (Lipinski definition) is 3. The molecule has 0 radical (unpaired) electrons. The second-order valence-corrected chi connectivity index (χ2v) is 4.68. The summed E-state index contributed by atoms with van der Waals surface area (Å²) in [4.78, 5) is 36.1. The monoisotopic (exact) mass is 294 g/mol. The highest BCUT2D eigenvalue weighted by molar-refractivity contribution is 6.30. The number of halogens is 1. The van der Waals surface area contributed by atoms with Gasteiger partial charge < -0.3 is 5.11 Å². The summed E-state index contributed by atoms with van der Waals surface area (Å²) in [6.07, 6.45) is 1.04. The fraction of sp³-hybridized carbons (Fsp3) is 0.154. The second-order valence-electron chi connectivity index (χ2n) is 4.24. The zero-order valence-corrected chi connectivity index (χ0v) is 11.2. The van der Waals surface area contributed by atoms with Crippen molar-refractivity contribution in [3.8, 4) is 0 Å². The van der Waals surface area contributed by atoms with Gasteiger partial charge in [0.05, 0.1) is 6.04 Å². The molecule has 7 heteroatoms. The van der Waals surface area contributed by atoms with Gasteiger partial charge in [0.1, 0.15) is 5.56 Å². The lowest BCUT2D eigenvalue weighted by molar-refractivity contribution is 0.0693. The van der Waals surface area contributed by atoms with E-state index in [1.165, 1.54) is 0 Å². The lowest BCUT2D eigenvalue weighted by atomic mass is 10.1. The minimum Gasteiger partial charge on any atom is -0.477 e. The number of carboxylic acid groups (broad SMARTS) is 1. The van der Waals surface area contributed by atoms with Crippen LogP contribution in [0.4, 0.5) is 0 Å². The largest absolute Gasteiger partial charge is 0.477 e. The Hall–Kier alpha value is -2.34. The van der Waals surface area contributed by atoms with E-state index in [0.29, 0.717) is 5.02 Å². The van der Waals surface area contributed by atoms with Crippen LogP contribution >= 0.6 is 11.6 Å². The number of carbonyl (C=O) groups is 1. The van der Waals surface area contributed by atoms with Crippen LogP contribution in [0.3, 0.4) is 0 Å². The molecule has 0 saturated carbocycles. The zero-order valence-electron chi connectivity index (χ0n) is 10.5. The molecule has 20 heavy (non-hydrogen) atoms. The molecule has 0 spiro atoms. The first kappa shape index (κ1) is 14.1. The number of aromatic carboxylic acids is 1. The number of carboxylic acids is 1. The third kappa shape index (κ3) is 2.65. The fourth-order valence-electron chi connectivity index (χ4n) is 1.83. The van der Waals surface area contributed by atoms with Crippen molar-refractivity contribution in [1.29, 1.82) is 0 Å². The van der Waals surface area contributed by atoms with Crippen LogP contribution in [0.1, 0.15) is 28.9 Å². The van der Waals surface area contributed by atoms with Gasteiger partial charge in [0.2, 0.25) is 0 Å². The van der Waals surface area contributed by atoms with Gasteiger partial charge in [-0.3, -0.25) is 14.3 Å². The van der Waals surface area contributed by atoms with E-state index in [9.17, 15) is 14.4 Å². The van der Waals surface area contributed by atoms with Crippen molar-refractivity contribution in [3.63, 3.8) is 0 Å². The van der Waals surface area contributed by atoms with Crippen molar-refractivity contribution in [2.75, 3.05) is 0 Å². The maximum atomic E-state index is 11.8. The third-order valence-electron chi connectivity index (χ3n) is 2.97. The first-order chi connectivity index (χ1) is 9.40. The van der Waals surface area contributed by atoms with Gasteiger partial charge in [-0.2, -0.15) is 0 Å². The molecule has 0 aliphatic carbocycles. The van der Waals surface area contributed by atoms with Crippen molar-refractivity contribution < 1.29 is 9.90 Å². The summed E-state index contributed by atoms with van der Waals surface area (Å²) in [5.41, 5.74) is -1.30. The van der Waals surface area contributed by atoms with Gasteiger partial charge in [-0.1, -0.05) is 23.7 Å². The predicted molar refractivity (Wildman–Crippen MR) is 73.5 cm³/mol. The molecule has 1 heterocycles. The molecule has 104 valence electrons. The zero-order chi connectivity index (χ0) is 14.9. The molecule has 6 nitrogen and oxygen atoms in total. The number of aromatic nitrogens is 2.